The van der Waals surface area contributed by atoms with Gasteiger partial charge in [0, 0.05) is 5.41 Å². The zero-order valence-electron chi connectivity index (χ0n) is 20.9. The van der Waals surface area contributed by atoms with Crippen LogP contribution in [0.15, 0.2) is 18.2 Å². The average Bonchev–Trinajstić information content (AvgIpc) is 3.02. The average molecular weight is 441 g/mol. The molecular formula is C28H40O4. The van der Waals surface area contributed by atoms with Gasteiger partial charge in [-0.05, 0) is 121 Å². The quantitative estimate of drug-likeness (QED) is 0.392. The lowest BCUT2D eigenvalue weighted by atomic mass is 9.55. The van der Waals surface area contributed by atoms with Crippen molar-refractivity contribution < 1.29 is 19.1 Å². The summed E-state index contributed by atoms with van der Waals surface area (Å²) in [6.07, 6.45) is 6.60. The van der Waals surface area contributed by atoms with E-state index in [2.05, 4.69) is 19.1 Å². The summed E-state index contributed by atoms with van der Waals surface area (Å²) < 4.78 is 11.7. The van der Waals surface area contributed by atoms with Crippen LogP contribution in [-0.2, 0) is 20.7 Å². The minimum Gasteiger partial charge on any atom is -0.461 e. The van der Waals surface area contributed by atoms with Crippen LogP contribution in [0.5, 0.6) is 5.75 Å². The molecule has 5 atom stereocenters. The Labute approximate surface area is 193 Å². The minimum absolute atomic E-state index is 0.0424. The first kappa shape index (κ1) is 23.3. The molecular weight excluding hydrogens is 400 g/mol. The summed E-state index contributed by atoms with van der Waals surface area (Å²) in [4.78, 5) is 24.9. The maximum absolute atomic E-state index is 12.6. The van der Waals surface area contributed by atoms with E-state index < -0.39 is 10.8 Å². The first-order chi connectivity index (χ1) is 14.8. The van der Waals surface area contributed by atoms with Gasteiger partial charge in [-0.2, -0.15) is 0 Å². The molecule has 4 nitrogen and oxygen atoms in total. The highest BCUT2D eigenvalue weighted by molar-refractivity contribution is 5.78. The first-order valence-corrected chi connectivity index (χ1v) is 12.4. The maximum Gasteiger partial charge on any atom is 0.316 e. The highest BCUT2D eigenvalue weighted by Crippen LogP contribution is 2.61. The van der Waals surface area contributed by atoms with Crippen molar-refractivity contribution in [3.8, 4) is 5.75 Å². The molecule has 4 rings (SSSR count). The van der Waals surface area contributed by atoms with Gasteiger partial charge >= 0.3 is 11.9 Å². The highest BCUT2D eigenvalue weighted by Gasteiger charge is 2.56. The van der Waals surface area contributed by atoms with E-state index in [0.29, 0.717) is 23.5 Å². The van der Waals surface area contributed by atoms with Crippen LogP contribution >= 0.6 is 0 Å². The second kappa shape index (κ2) is 7.88. The highest BCUT2D eigenvalue weighted by atomic mass is 16.5. The number of rotatable bonds is 2. The summed E-state index contributed by atoms with van der Waals surface area (Å²) in [7, 11) is 0. The molecule has 0 amide bonds. The van der Waals surface area contributed by atoms with Crippen molar-refractivity contribution in [3.05, 3.63) is 29.3 Å². The van der Waals surface area contributed by atoms with E-state index in [4.69, 9.17) is 9.47 Å². The molecule has 0 N–H and O–H groups in total. The Morgan fingerprint density at radius 3 is 2.28 bits per heavy atom. The molecule has 0 aliphatic heterocycles. The number of ether oxygens (including phenoxy) is 2. The van der Waals surface area contributed by atoms with Crippen molar-refractivity contribution in [2.45, 2.75) is 99.0 Å². The van der Waals surface area contributed by atoms with Gasteiger partial charge in [-0.15, -0.1) is 0 Å². The fraction of sp³-hybridized carbons (Fsp3) is 0.714. The monoisotopic (exact) mass is 440 g/mol. The van der Waals surface area contributed by atoms with E-state index in [1.54, 1.807) is 0 Å². The number of hydrogen-bond acceptors (Lipinski definition) is 4. The van der Waals surface area contributed by atoms with Gasteiger partial charge in [0.15, 0.2) is 0 Å². The molecule has 0 radical (unpaired) electrons. The van der Waals surface area contributed by atoms with E-state index in [9.17, 15) is 9.59 Å². The van der Waals surface area contributed by atoms with Crippen molar-refractivity contribution in [2.75, 3.05) is 0 Å². The molecule has 3 aliphatic carbocycles. The van der Waals surface area contributed by atoms with Crippen molar-refractivity contribution in [3.63, 3.8) is 0 Å². The molecule has 4 heteroatoms. The number of carbonyl (C=O) groups excluding carboxylic acids is 2. The Hall–Kier alpha value is -1.84. The molecule has 3 aliphatic rings. The Morgan fingerprint density at radius 1 is 0.938 bits per heavy atom. The Morgan fingerprint density at radius 2 is 1.62 bits per heavy atom. The SMILES string of the molecule is CC(C)(C)C(=O)Oc1ccc2c(c1)CC[C@@H]1[C@@H]2CC[C@]2(C)C(OC(=O)C(C)(C)C)CC[C@@H]12. The van der Waals surface area contributed by atoms with E-state index in [-0.39, 0.29) is 23.5 Å². The lowest BCUT2D eigenvalue weighted by Gasteiger charge is -2.50. The van der Waals surface area contributed by atoms with Gasteiger partial charge in [-0.25, -0.2) is 0 Å². The first-order valence-electron chi connectivity index (χ1n) is 12.4. The van der Waals surface area contributed by atoms with Crippen LogP contribution in [0.1, 0.15) is 97.6 Å². The zero-order valence-corrected chi connectivity index (χ0v) is 20.9. The van der Waals surface area contributed by atoms with Crippen LogP contribution in [0.2, 0.25) is 0 Å². The molecule has 2 saturated carbocycles. The third-order valence-corrected chi connectivity index (χ3v) is 8.30. The molecule has 0 aromatic heterocycles. The standard InChI is InChI=1S/C28H40O4/c1-26(2,3)24(29)31-18-9-11-19-17(16-18)8-10-21-20(19)14-15-28(7)22(21)12-13-23(28)32-25(30)27(4,5)6/h9,11,16,20-23H,8,10,12-15H2,1-7H3/t20-,21-,22+,23?,28+/m1/s1. The van der Waals surface area contributed by atoms with Crippen LogP contribution in [0, 0.1) is 28.1 Å². The predicted octanol–water partition coefficient (Wildman–Crippen LogP) is 6.45. The molecule has 0 saturated heterocycles. The van der Waals surface area contributed by atoms with Gasteiger partial charge < -0.3 is 9.47 Å². The second-order valence-corrected chi connectivity index (χ2v) is 12.7. The van der Waals surface area contributed by atoms with Crippen LogP contribution in [-0.4, -0.2) is 18.0 Å². The largest absolute Gasteiger partial charge is 0.461 e. The Kier molecular flexibility index (Phi) is 5.75. The second-order valence-electron chi connectivity index (χ2n) is 12.7. The molecule has 1 aromatic carbocycles. The number of fused-ring (bicyclic) bond motifs is 5. The van der Waals surface area contributed by atoms with E-state index in [1.807, 2.05) is 47.6 Å². The van der Waals surface area contributed by atoms with Crippen molar-refractivity contribution >= 4 is 11.9 Å². The number of benzene rings is 1. The van der Waals surface area contributed by atoms with Gasteiger partial charge in [0.05, 0.1) is 10.8 Å². The lowest BCUT2D eigenvalue weighted by Crippen LogP contribution is -2.46. The van der Waals surface area contributed by atoms with Gasteiger partial charge in [-0.1, -0.05) is 13.0 Å². The molecule has 176 valence electrons. The molecule has 0 spiro atoms. The van der Waals surface area contributed by atoms with Crippen molar-refractivity contribution in [2.24, 2.45) is 28.1 Å². The summed E-state index contributed by atoms with van der Waals surface area (Å²) in [6, 6.07) is 6.26. The number of aryl methyl sites for hydroxylation is 1. The third kappa shape index (κ3) is 4.10. The molecule has 0 heterocycles. The van der Waals surface area contributed by atoms with Crippen molar-refractivity contribution in [1.82, 2.24) is 0 Å². The smallest absolute Gasteiger partial charge is 0.316 e. The van der Waals surface area contributed by atoms with Gasteiger partial charge in [-0.3, -0.25) is 9.59 Å². The predicted molar refractivity (Wildman–Crippen MR) is 125 cm³/mol. The Bertz CT molecular complexity index is 903. The van der Waals surface area contributed by atoms with Crippen molar-refractivity contribution in [1.29, 1.82) is 0 Å². The minimum atomic E-state index is -0.510. The maximum atomic E-state index is 12.6. The van der Waals surface area contributed by atoms with Crippen LogP contribution in [0.3, 0.4) is 0 Å². The van der Waals surface area contributed by atoms with E-state index in [1.165, 1.54) is 11.1 Å². The summed E-state index contributed by atoms with van der Waals surface area (Å²) in [6.45, 7) is 13.8. The number of carbonyl (C=O) groups is 2. The summed E-state index contributed by atoms with van der Waals surface area (Å²) >= 11 is 0. The normalized spacial score (nSPS) is 31.8. The van der Waals surface area contributed by atoms with E-state index >= 15 is 0 Å². The summed E-state index contributed by atoms with van der Waals surface area (Å²) in [5, 5.41) is 0. The molecule has 32 heavy (non-hydrogen) atoms. The number of esters is 2. The molecule has 2 fully saturated rings. The topological polar surface area (TPSA) is 52.6 Å². The van der Waals surface area contributed by atoms with Crippen LogP contribution < -0.4 is 4.74 Å². The van der Waals surface area contributed by atoms with Gasteiger partial charge in [0.1, 0.15) is 11.9 Å². The molecule has 1 aromatic rings. The summed E-state index contributed by atoms with van der Waals surface area (Å²) in [5.41, 5.74) is 1.90. The fourth-order valence-corrected chi connectivity index (χ4v) is 6.33. The Balaban J connectivity index is 1.51. The van der Waals surface area contributed by atoms with Gasteiger partial charge in [0.25, 0.3) is 0 Å². The lowest BCUT2D eigenvalue weighted by molar-refractivity contribution is -0.167. The number of hydrogen-bond donors (Lipinski definition) is 0. The molecule has 0 bridgehead atoms. The fourth-order valence-electron chi connectivity index (χ4n) is 6.33. The zero-order chi connectivity index (χ0) is 23.5. The summed E-state index contributed by atoms with van der Waals surface area (Å²) in [5.74, 6) is 2.20. The van der Waals surface area contributed by atoms with E-state index in [0.717, 1.165) is 38.5 Å². The van der Waals surface area contributed by atoms with Crippen LogP contribution in [0.4, 0.5) is 0 Å². The van der Waals surface area contributed by atoms with Crippen LogP contribution in [0.25, 0.3) is 0 Å². The third-order valence-electron chi connectivity index (χ3n) is 8.30. The molecule has 1 unspecified atom stereocenters. The van der Waals surface area contributed by atoms with Gasteiger partial charge in [0.2, 0.25) is 0 Å².